The lowest BCUT2D eigenvalue weighted by Gasteiger charge is -2.00. The molecule has 72 valence electrons. The number of fused-ring (bicyclic) bond motifs is 1. The molecule has 3 rings (SSSR count). The van der Waals surface area contributed by atoms with E-state index in [-0.39, 0.29) is 0 Å². The lowest BCUT2D eigenvalue weighted by Crippen LogP contribution is -1.84. The maximum atomic E-state index is 4.59. The van der Waals surface area contributed by atoms with Crippen LogP contribution in [0.3, 0.4) is 0 Å². The monoisotopic (exact) mass is 194 g/mol. The van der Waals surface area contributed by atoms with E-state index in [4.69, 9.17) is 0 Å². The SMILES string of the molecule is c1c[nH]c(-c2ccc3ccccc3n2)c1. The van der Waals surface area contributed by atoms with Crippen molar-refractivity contribution in [1.82, 2.24) is 9.97 Å². The summed E-state index contributed by atoms with van der Waals surface area (Å²) in [5.41, 5.74) is 3.07. The highest BCUT2D eigenvalue weighted by atomic mass is 14.8. The molecule has 3 aromatic rings. The molecule has 0 aliphatic heterocycles. The van der Waals surface area contributed by atoms with Crippen LogP contribution in [0.2, 0.25) is 0 Å². The normalized spacial score (nSPS) is 10.7. The van der Waals surface area contributed by atoms with Gasteiger partial charge in [-0.2, -0.15) is 0 Å². The van der Waals surface area contributed by atoms with Crippen LogP contribution in [0.15, 0.2) is 54.7 Å². The maximum Gasteiger partial charge on any atom is 0.0872 e. The molecule has 1 aromatic carbocycles. The van der Waals surface area contributed by atoms with Gasteiger partial charge in [0, 0.05) is 11.6 Å². The van der Waals surface area contributed by atoms with Crippen LogP contribution in [0.25, 0.3) is 22.3 Å². The zero-order valence-electron chi connectivity index (χ0n) is 8.14. The first-order valence-corrected chi connectivity index (χ1v) is 4.93. The van der Waals surface area contributed by atoms with E-state index in [9.17, 15) is 0 Å². The molecule has 0 unspecified atom stereocenters. The molecule has 2 aromatic heterocycles. The molecule has 0 amide bonds. The summed E-state index contributed by atoms with van der Waals surface area (Å²) in [6.07, 6.45) is 1.91. The summed E-state index contributed by atoms with van der Waals surface area (Å²) >= 11 is 0. The lowest BCUT2D eigenvalue weighted by molar-refractivity contribution is 1.32. The number of nitrogens with zero attached hydrogens (tertiary/aromatic N) is 1. The number of para-hydroxylation sites is 1. The van der Waals surface area contributed by atoms with E-state index in [0.29, 0.717) is 0 Å². The Morgan fingerprint density at radius 3 is 2.67 bits per heavy atom. The van der Waals surface area contributed by atoms with Gasteiger partial charge in [0.05, 0.1) is 16.9 Å². The number of aromatic amines is 1. The van der Waals surface area contributed by atoms with Gasteiger partial charge in [0.1, 0.15) is 0 Å². The standard InChI is InChI=1S/C13H10N2/c1-2-5-11-10(4-1)7-8-13(15-11)12-6-3-9-14-12/h1-9,14H. The Kier molecular flexibility index (Phi) is 1.78. The summed E-state index contributed by atoms with van der Waals surface area (Å²) in [6, 6.07) is 16.3. The molecule has 0 atom stereocenters. The number of hydrogen-bond donors (Lipinski definition) is 1. The van der Waals surface area contributed by atoms with Crippen LogP contribution in [-0.4, -0.2) is 9.97 Å². The Balaban J connectivity index is 2.22. The van der Waals surface area contributed by atoms with Gasteiger partial charge in [0.2, 0.25) is 0 Å². The van der Waals surface area contributed by atoms with Gasteiger partial charge in [-0.1, -0.05) is 24.3 Å². The third kappa shape index (κ3) is 1.40. The van der Waals surface area contributed by atoms with Gasteiger partial charge in [0.25, 0.3) is 0 Å². The van der Waals surface area contributed by atoms with Crippen molar-refractivity contribution in [3.05, 3.63) is 54.7 Å². The van der Waals surface area contributed by atoms with Crippen molar-refractivity contribution in [2.75, 3.05) is 0 Å². The second-order valence-electron chi connectivity index (χ2n) is 3.47. The van der Waals surface area contributed by atoms with E-state index in [1.165, 1.54) is 5.39 Å². The minimum Gasteiger partial charge on any atom is -0.360 e. The Morgan fingerprint density at radius 2 is 1.80 bits per heavy atom. The molecular weight excluding hydrogens is 184 g/mol. The van der Waals surface area contributed by atoms with E-state index in [1.807, 2.05) is 42.6 Å². The van der Waals surface area contributed by atoms with E-state index >= 15 is 0 Å². The Bertz CT molecular complexity index is 582. The number of rotatable bonds is 1. The van der Waals surface area contributed by atoms with Gasteiger partial charge in [-0.3, -0.25) is 0 Å². The van der Waals surface area contributed by atoms with Crippen molar-refractivity contribution in [3.8, 4) is 11.4 Å². The number of benzene rings is 1. The number of H-pyrrole nitrogens is 1. The molecule has 1 N–H and O–H groups in total. The van der Waals surface area contributed by atoms with Crippen LogP contribution < -0.4 is 0 Å². The Morgan fingerprint density at radius 1 is 0.867 bits per heavy atom. The first-order chi connectivity index (χ1) is 7.43. The van der Waals surface area contributed by atoms with Crippen LogP contribution in [0, 0.1) is 0 Å². The molecule has 2 heterocycles. The van der Waals surface area contributed by atoms with Gasteiger partial charge in [-0.15, -0.1) is 0 Å². The molecule has 0 saturated heterocycles. The van der Waals surface area contributed by atoms with Crippen LogP contribution in [0.5, 0.6) is 0 Å². The summed E-state index contributed by atoms with van der Waals surface area (Å²) < 4.78 is 0. The van der Waals surface area contributed by atoms with Crippen molar-refractivity contribution in [2.24, 2.45) is 0 Å². The largest absolute Gasteiger partial charge is 0.360 e. The zero-order chi connectivity index (χ0) is 10.1. The molecule has 0 bridgehead atoms. The van der Waals surface area contributed by atoms with Gasteiger partial charge in [0.15, 0.2) is 0 Å². The van der Waals surface area contributed by atoms with Crippen LogP contribution in [-0.2, 0) is 0 Å². The number of nitrogens with one attached hydrogen (secondary N) is 1. The third-order valence-electron chi connectivity index (χ3n) is 2.47. The molecule has 2 nitrogen and oxygen atoms in total. The van der Waals surface area contributed by atoms with E-state index < -0.39 is 0 Å². The highest BCUT2D eigenvalue weighted by Gasteiger charge is 2.00. The van der Waals surface area contributed by atoms with Gasteiger partial charge in [-0.05, 0) is 24.3 Å². The first-order valence-electron chi connectivity index (χ1n) is 4.93. The lowest BCUT2D eigenvalue weighted by atomic mass is 10.2. The summed E-state index contributed by atoms with van der Waals surface area (Å²) in [5.74, 6) is 0. The van der Waals surface area contributed by atoms with Crippen molar-refractivity contribution < 1.29 is 0 Å². The summed E-state index contributed by atoms with van der Waals surface area (Å²) in [6.45, 7) is 0. The van der Waals surface area contributed by atoms with E-state index in [2.05, 4.69) is 22.1 Å². The van der Waals surface area contributed by atoms with Gasteiger partial charge in [-0.25, -0.2) is 4.98 Å². The molecule has 0 saturated carbocycles. The van der Waals surface area contributed by atoms with E-state index in [1.54, 1.807) is 0 Å². The number of aromatic nitrogens is 2. The summed E-state index contributed by atoms with van der Waals surface area (Å²) in [4.78, 5) is 7.74. The van der Waals surface area contributed by atoms with Gasteiger partial charge < -0.3 is 4.98 Å². The quantitative estimate of drug-likeness (QED) is 0.633. The van der Waals surface area contributed by atoms with E-state index in [0.717, 1.165) is 16.9 Å². The average Bonchev–Trinajstić information content (AvgIpc) is 2.82. The summed E-state index contributed by atoms with van der Waals surface area (Å²) in [5, 5.41) is 1.17. The number of hydrogen-bond acceptors (Lipinski definition) is 1. The second-order valence-corrected chi connectivity index (χ2v) is 3.47. The highest BCUT2D eigenvalue weighted by Crippen LogP contribution is 2.18. The Labute approximate surface area is 87.6 Å². The fourth-order valence-corrected chi connectivity index (χ4v) is 1.71. The average molecular weight is 194 g/mol. The van der Waals surface area contributed by atoms with Crippen LogP contribution in [0.4, 0.5) is 0 Å². The topological polar surface area (TPSA) is 28.7 Å². The van der Waals surface area contributed by atoms with Crippen LogP contribution >= 0.6 is 0 Å². The molecule has 0 fully saturated rings. The molecule has 0 aliphatic rings. The van der Waals surface area contributed by atoms with Crippen molar-refractivity contribution in [3.63, 3.8) is 0 Å². The van der Waals surface area contributed by atoms with Crippen molar-refractivity contribution in [2.45, 2.75) is 0 Å². The first kappa shape index (κ1) is 8.24. The molecule has 2 heteroatoms. The Hall–Kier alpha value is -2.09. The fraction of sp³-hybridized carbons (Fsp3) is 0. The third-order valence-corrected chi connectivity index (χ3v) is 2.47. The van der Waals surface area contributed by atoms with Crippen molar-refractivity contribution in [1.29, 1.82) is 0 Å². The molecule has 0 spiro atoms. The predicted molar refractivity (Wildman–Crippen MR) is 61.5 cm³/mol. The predicted octanol–water partition coefficient (Wildman–Crippen LogP) is 3.23. The second kappa shape index (κ2) is 3.24. The molecule has 0 aliphatic carbocycles. The molecular formula is C13H10N2. The van der Waals surface area contributed by atoms with Crippen molar-refractivity contribution >= 4 is 10.9 Å². The smallest absolute Gasteiger partial charge is 0.0872 e. The minimum absolute atomic E-state index is 0.985. The number of pyridine rings is 1. The molecule has 0 radical (unpaired) electrons. The zero-order valence-corrected chi connectivity index (χ0v) is 8.14. The minimum atomic E-state index is 0.985. The van der Waals surface area contributed by atoms with Gasteiger partial charge >= 0.3 is 0 Å². The fourth-order valence-electron chi connectivity index (χ4n) is 1.71. The maximum absolute atomic E-state index is 4.59. The summed E-state index contributed by atoms with van der Waals surface area (Å²) in [7, 11) is 0. The van der Waals surface area contributed by atoms with Crippen LogP contribution in [0.1, 0.15) is 0 Å². The highest BCUT2D eigenvalue weighted by molar-refractivity contribution is 5.80. The molecule has 15 heavy (non-hydrogen) atoms.